The maximum atomic E-state index is 12.4. The average Bonchev–Trinajstić information content (AvgIpc) is 3.15. The summed E-state index contributed by atoms with van der Waals surface area (Å²) in [5, 5.41) is 7.10. The lowest BCUT2D eigenvalue weighted by molar-refractivity contribution is 0.0937. The summed E-state index contributed by atoms with van der Waals surface area (Å²) >= 11 is 0. The quantitative estimate of drug-likeness (QED) is 0.912. The number of ether oxygens (including phenoxy) is 2. The predicted octanol–water partition coefficient (Wildman–Crippen LogP) is 1.91. The molecule has 1 amide bonds. The number of carbonyl (C=O) groups excluding carboxylic acids is 1. The fourth-order valence-electron chi connectivity index (χ4n) is 2.37. The molecule has 7 nitrogen and oxygen atoms in total. The fraction of sp³-hybridized carbons (Fsp3) is 0.400. The zero-order chi connectivity index (χ0) is 15.5. The lowest BCUT2D eigenvalue weighted by Crippen LogP contribution is -2.29. The number of aryl methyl sites for hydroxylation is 1. The van der Waals surface area contributed by atoms with E-state index in [0.717, 1.165) is 18.8 Å². The van der Waals surface area contributed by atoms with Crippen molar-refractivity contribution < 1.29 is 14.3 Å². The number of nitrogens with zero attached hydrogens (tertiary/aromatic N) is 3. The number of fused-ring (bicyclic) bond motifs is 1. The Bertz CT molecular complexity index is 683. The summed E-state index contributed by atoms with van der Waals surface area (Å²) in [5.41, 5.74) is 0.526. The molecule has 0 saturated heterocycles. The number of amides is 1. The molecule has 0 bridgehead atoms. The summed E-state index contributed by atoms with van der Waals surface area (Å²) in [6.45, 7) is 4.93. The molecule has 1 atom stereocenters. The van der Waals surface area contributed by atoms with Gasteiger partial charge in [-0.3, -0.25) is 4.79 Å². The van der Waals surface area contributed by atoms with E-state index in [1.165, 1.54) is 6.33 Å². The Hall–Kier alpha value is -2.57. The fourth-order valence-corrected chi connectivity index (χ4v) is 2.37. The van der Waals surface area contributed by atoms with E-state index in [2.05, 4.69) is 22.3 Å². The van der Waals surface area contributed by atoms with Crippen LogP contribution in [-0.2, 0) is 6.54 Å². The van der Waals surface area contributed by atoms with Gasteiger partial charge < -0.3 is 14.8 Å². The van der Waals surface area contributed by atoms with Crippen LogP contribution >= 0.6 is 0 Å². The van der Waals surface area contributed by atoms with Crippen LogP contribution in [0.15, 0.2) is 24.5 Å². The highest BCUT2D eigenvalue weighted by Gasteiger charge is 2.19. The SMILES string of the molecule is CCCn1ncnc1C(C)NC(=O)c1ccc2c(c1)OCO2. The van der Waals surface area contributed by atoms with Crippen LogP contribution < -0.4 is 14.8 Å². The number of nitrogens with one attached hydrogen (secondary N) is 1. The van der Waals surface area contributed by atoms with Crippen LogP contribution in [0.4, 0.5) is 0 Å². The minimum absolute atomic E-state index is 0.183. The number of rotatable bonds is 5. The first-order chi connectivity index (χ1) is 10.7. The molecular weight excluding hydrogens is 284 g/mol. The first-order valence-electron chi connectivity index (χ1n) is 7.27. The predicted molar refractivity (Wildman–Crippen MR) is 78.8 cm³/mol. The van der Waals surface area contributed by atoms with Gasteiger partial charge in [0.15, 0.2) is 11.5 Å². The van der Waals surface area contributed by atoms with Crippen molar-refractivity contribution in [3.05, 3.63) is 35.9 Å². The number of aromatic nitrogens is 3. The Balaban J connectivity index is 1.72. The molecule has 1 aromatic carbocycles. The molecule has 1 aromatic heterocycles. The minimum Gasteiger partial charge on any atom is -0.454 e. The van der Waals surface area contributed by atoms with Gasteiger partial charge in [-0.1, -0.05) is 6.92 Å². The van der Waals surface area contributed by atoms with E-state index in [-0.39, 0.29) is 18.7 Å². The molecular formula is C15H18N4O3. The van der Waals surface area contributed by atoms with Gasteiger partial charge >= 0.3 is 0 Å². The maximum absolute atomic E-state index is 12.4. The van der Waals surface area contributed by atoms with Crippen molar-refractivity contribution in [2.75, 3.05) is 6.79 Å². The van der Waals surface area contributed by atoms with Crippen molar-refractivity contribution >= 4 is 5.91 Å². The highest BCUT2D eigenvalue weighted by atomic mass is 16.7. The first kappa shape index (κ1) is 14.4. The molecule has 1 N–H and O–H groups in total. The Kier molecular flexibility index (Phi) is 3.95. The number of hydrogen-bond donors (Lipinski definition) is 1. The standard InChI is InChI=1S/C15H18N4O3/c1-3-6-19-14(16-8-17-19)10(2)18-15(20)11-4-5-12-13(7-11)22-9-21-12/h4-5,7-8,10H,3,6,9H2,1-2H3,(H,18,20). The van der Waals surface area contributed by atoms with Crippen LogP contribution in [0.1, 0.15) is 42.5 Å². The van der Waals surface area contributed by atoms with E-state index in [9.17, 15) is 4.79 Å². The van der Waals surface area contributed by atoms with Crippen molar-refractivity contribution in [2.45, 2.75) is 32.9 Å². The normalized spacial score (nSPS) is 13.9. The lowest BCUT2D eigenvalue weighted by atomic mass is 10.1. The van der Waals surface area contributed by atoms with Crippen LogP contribution in [0.2, 0.25) is 0 Å². The second-order valence-corrected chi connectivity index (χ2v) is 5.10. The van der Waals surface area contributed by atoms with Gasteiger partial charge in [-0.05, 0) is 31.5 Å². The molecule has 0 saturated carbocycles. The Labute approximate surface area is 128 Å². The third-order valence-corrected chi connectivity index (χ3v) is 3.45. The molecule has 0 radical (unpaired) electrons. The van der Waals surface area contributed by atoms with Crippen molar-refractivity contribution in [1.82, 2.24) is 20.1 Å². The number of benzene rings is 1. The van der Waals surface area contributed by atoms with Gasteiger partial charge in [-0.25, -0.2) is 9.67 Å². The van der Waals surface area contributed by atoms with E-state index in [0.29, 0.717) is 17.1 Å². The third-order valence-electron chi connectivity index (χ3n) is 3.45. The van der Waals surface area contributed by atoms with Crippen molar-refractivity contribution in [3.63, 3.8) is 0 Å². The van der Waals surface area contributed by atoms with Crippen LogP contribution in [0.3, 0.4) is 0 Å². The highest BCUT2D eigenvalue weighted by Crippen LogP contribution is 2.32. The molecule has 1 aliphatic heterocycles. The smallest absolute Gasteiger partial charge is 0.252 e. The topological polar surface area (TPSA) is 78.3 Å². The molecule has 1 unspecified atom stereocenters. The monoisotopic (exact) mass is 302 g/mol. The van der Waals surface area contributed by atoms with Gasteiger partial charge in [-0.15, -0.1) is 0 Å². The van der Waals surface area contributed by atoms with Gasteiger partial charge in [0, 0.05) is 12.1 Å². The molecule has 2 heterocycles. The second kappa shape index (κ2) is 6.05. The molecule has 2 aromatic rings. The molecule has 3 rings (SSSR count). The Morgan fingerprint density at radius 3 is 3.05 bits per heavy atom. The minimum atomic E-state index is -0.230. The van der Waals surface area contributed by atoms with E-state index >= 15 is 0 Å². The molecule has 22 heavy (non-hydrogen) atoms. The molecule has 0 fully saturated rings. The summed E-state index contributed by atoms with van der Waals surface area (Å²) in [7, 11) is 0. The van der Waals surface area contributed by atoms with E-state index in [1.54, 1.807) is 18.2 Å². The summed E-state index contributed by atoms with van der Waals surface area (Å²) in [6, 6.07) is 4.90. The van der Waals surface area contributed by atoms with E-state index < -0.39 is 0 Å². The van der Waals surface area contributed by atoms with E-state index in [1.807, 2.05) is 11.6 Å². The number of hydrogen-bond acceptors (Lipinski definition) is 5. The molecule has 0 spiro atoms. The molecule has 7 heteroatoms. The number of carbonyl (C=O) groups is 1. The summed E-state index contributed by atoms with van der Waals surface area (Å²) in [6.07, 6.45) is 2.47. The van der Waals surface area contributed by atoms with Crippen LogP contribution in [0, 0.1) is 0 Å². The van der Waals surface area contributed by atoms with Gasteiger partial charge in [0.05, 0.1) is 6.04 Å². The second-order valence-electron chi connectivity index (χ2n) is 5.10. The van der Waals surface area contributed by atoms with Crippen LogP contribution in [-0.4, -0.2) is 27.5 Å². The zero-order valence-corrected chi connectivity index (χ0v) is 12.6. The van der Waals surface area contributed by atoms with Crippen molar-refractivity contribution in [3.8, 4) is 11.5 Å². The first-order valence-corrected chi connectivity index (χ1v) is 7.27. The molecule has 116 valence electrons. The van der Waals surface area contributed by atoms with Crippen molar-refractivity contribution in [1.29, 1.82) is 0 Å². The van der Waals surface area contributed by atoms with Gasteiger partial charge in [0.2, 0.25) is 6.79 Å². The largest absolute Gasteiger partial charge is 0.454 e. The average molecular weight is 302 g/mol. The van der Waals surface area contributed by atoms with Gasteiger partial charge in [0.1, 0.15) is 12.2 Å². The Morgan fingerprint density at radius 2 is 2.23 bits per heavy atom. The van der Waals surface area contributed by atoms with E-state index in [4.69, 9.17) is 9.47 Å². The van der Waals surface area contributed by atoms with Crippen LogP contribution in [0.5, 0.6) is 11.5 Å². The highest BCUT2D eigenvalue weighted by molar-refractivity contribution is 5.95. The zero-order valence-electron chi connectivity index (χ0n) is 12.6. The molecule has 1 aliphatic rings. The summed E-state index contributed by atoms with van der Waals surface area (Å²) < 4.78 is 12.3. The van der Waals surface area contributed by atoms with Gasteiger partial charge in [-0.2, -0.15) is 5.10 Å². The van der Waals surface area contributed by atoms with Crippen molar-refractivity contribution in [2.24, 2.45) is 0 Å². The lowest BCUT2D eigenvalue weighted by Gasteiger charge is -2.14. The van der Waals surface area contributed by atoms with Crippen LogP contribution in [0.25, 0.3) is 0 Å². The third kappa shape index (κ3) is 2.74. The summed E-state index contributed by atoms with van der Waals surface area (Å²) in [4.78, 5) is 16.6. The molecule has 0 aliphatic carbocycles. The Morgan fingerprint density at radius 1 is 1.41 bits per heavy atom. The maximum Gasteiger partial charge on any atom is 0.252 e. The summed E-state index contributed by atoms with van der Waals surface area (Å²) in [5.74, 6) is 1.81. The van der Waals surface area contributed by atoms with Gasteiger partial charge in [0.25, 0.3) is 5.91 Å².